The second-order valence-corrected chi connectivity index (χ2v) is 5.57. The van der Waals surface area contributed by atoms with Crippen molar-refractivity contribution in [2.45, 2.75) is 6.42 Å². The van der Waals surface area contributed by atoms with E-state index in [1.807, 2.05) is 54.0 Å². The van der Waals surface area contributed by atoms with Crippen molar-refractivity contribution in [1.29, 1.82) is 0 Å². The van der Waals surface area contributed by atoms with Crippen LogP contribution in [0.4, 0.5) is 0 Å². The van der Waals surface area contributed by atoms with Gasteiger partial charge in [-0.3, -0.25) is 19.6 Å². The van der Waals surface area contributed by atoms with Gasteiger partial charge in [-0.25, -0.2) is 10.8 Å². The van der Waals surface area contributed by atoms with Crippen LogP contribution in [0.2, 0.25) is 0 Å². The Kier molecular flexibility index (Phi) is 3.25. The van der Waals surface area contributed by atoms with Crippen LogP contribution in [0.15, 0.2) is 59.5 Å². The molecule has 118 valence electrons. The zero-order valence-electron chi connectivity index (χ0n) is 12.7. The SMILES string of the molecule is NNC(=O)c1cnc2n(c1=O)-c1ccccc1Cc1ccccc1-2. The number of hydrazine groups is 1. The average Bonchev–Trinajstić information content (AvgIpc) is 2.76. The molecule has 4 rings (SSSR count). The van der Waals surface area contributed by atoms with E-state index in [-0.39, 0.29) is 5.56 Å². The van der Waals surface area contributed by atoms with Crippen LogP contribution in [0, 0.1) is 0 Å². The van der Waals surface area contributed by atoms with E-state index in [9.17, 15) is 9.59 Å². The number of nitrogen functional groups attached to an aromatic ring is 1. The monoisotopic (exact) mass is 318 g/mol. The van der Waals surface area contributed by atoms with Gasteiger partial charge >= 0.3 is 0 Å². The van der Waals surface area contributed by atoms with Gasteiger partial charge in [-0.05, 0) is 17.2 Å². The number of nitrogens with zero attached hydrogens (tertiary/aromatic N) is 2. The summed E-state index contributed by atoms with van der Waals surface area (Å²) >= 11 is 0. The number of amides is 1. The van der Waals surface area contributed by atoms with Crippen LogP contribution in [0.25, 0.3) is 17.1 Å². The number of carbonyl (C=O) groups is 1. The lowest BCUT2D eigenvalue weighted by Gasteiger charge is -2.13. The topological polar surface area (TPSA) is 90.0 Å². The molecule has 2 aromatic carbocycles. The number of nitrogens with one attached hydrogen (secondary N) is 1. The first kappa shape index (κ1) is 14.3. The number of fused-ring (bicyclic) bond motifs is 5. The molecule has 6 heteroatoms. The van der Waals surface area contributed by atoms with Crippen LogP contribution in [-0.4, -0.2) is 15.5 Å². The summed E-state index contributed by atoms with van der Waals surface area (Å²) in [4.78, 5) is 29.2. The molecule has 24 heavy (non-hydrogen) atoms. The van der Waals surface area contributed by atoms with Crippen LogP contribution in [0.1, 0.15) is 21.5 Å². The molecule has 1 aliphatic heterocycles. The van der Waals surface area contributed by atoms with Crippen LogP contribution in [0.3, 0.4) is 0 Å². The van der Waals surface area contributed by atoms with Gasteiger partial charge in [0.15, 0.2) is 0 Å². The van der Waals surface area contributed by atoms with Crippen molar-refractivity contribution in [3.63, 3.8) is 0 Å². The molecular formula is C18H14N4O2. The lowest BCUT2D eigenvalue weighted by Crippen LogP contribution is -2.37. The van der Waals surface area contributed by atoms with Crippen LogP contribution in [-0.2, 0) is 6.42 Å². The van der Waals surface area contributed by atoms with Crippen molar-refractivity contribution in [3.05, 3.63) is 81.8 Å². The fourth-order valence-electron chi connectivity index (χ4n) is 3.08. The predicted octanol–water partition coefficient (Wildman–Crippen LogP) is 1.41. The van der Waals surface area contributed by atoms with Crippen molar-refractivity contribution in [2.75, 3.05) is 0 Å². The van der Waals surface area contributed by atoms with Gasteiger partial charge in [0.25, 0.3) is 11.5 Å². The quantitative estimate of drug-likeness (QED) is 0.315. The third kappa shape index (κ3) is 2.04. The minimum absolute atomic E-state index is 0.0876. The number of para-hydroxylation sites is 1. The maximum Gasteiger partial charge on any atom is 0.272 e. The maximum atomic E-state index is 12.9. The van der Waals surface area contributed by atoms with Crippen molar-refractivity contribution >= 4 is 5.91 Å². The van der Waals surface area contributed by atoms with Crippen molar-refractivity contribution < 1.29 is 4.79 Å². The lowest BCUT2D eigenvalue weighted by atomic mass is 10.0. The smallest absolute Gasteiger partial charge is 0.272 e. The summed E-state index contributed by atoms with van der Waals surface area (Å²) in [6.07, 6.45) is 1.97. The van der Waals surface area contributed by atoms with E-state index < -0.39 is 11.5 Å². The molecule has 0 atom stereocenters. The number of hydrogen-bond acceptors (Lipinski definition) is 4. The molecule has 0 spiro atoms. The highest BCUT2D eigenvalue weighted by atomic mass is 16.2. The molecule has 6 nitrogen and oxygen atoms in total. The van der Waals surface area contributed by atoms with Crippen LogP contribution < -0.4 is 16.8 Å². The Morgan fingerprint density at radius 1 is 1.08 bits per heavy atom. The number of rotatable bonds is 1. The molecular weight excluding hydrogens is 304 g/mol. The number of aromatic nitrogens is 2. The molecule has 0 radical (unpaired) electrons. The number of nitrogens with two attached hydrogens (primary N) is 1. The molecule has 0 unspecified atom stereocenters. The van der Waals surface area contributed by atoms with E-state index in [4.69, 9.17) is 5.84 Å². The minimum Gasteiger partial charge on any atom is -0.290 e. The molecule has 0 bridgehead atoms. The van der Waals surface area contributed by atoms with Crippen molar-refractivity contribution in [3.8, 4) is 17.1 Å². The summed E-state index contributed by atoms with van der Waals surface area (Å²) in [5, 5.41) is 0. The third-order valence-electron chi connectivity index (χ3n) is 4.21. The fourth-order valence-corrected chi connectivity index (χ4v) is 3.08. The first-order chi connectivity index (χ1) is 11.7. The Hall–Kier alpha value is -3.25. The van der Waals surface area contributed by atoms with Crippen LogP contribution >= 0.6 is 0 Å². The van der Waals surface area contributed by atoms with Crippen LogP contribution in [0.5, 0.6) is 0 Å². The zero-order valence-corrected chi connectivity index (χ0v) is 12.7. The van der Waals surface area contributed by atoms with E-state index in [1.165, 1.54) is 10.8 Å². The van der Waals surface area contributed by atoms with Gasteiger partial charge in [-0.15, -0.1) is 0 Å². The van der Waals surface area contributed by atoms with Gasteiger partial charge in [0, 0.05) is 18.2 Å². The average molecular weight is 318 g/mol. The molecule has 1 aliphatic rings. The molecule has 3 aromatic rings. The molecule has 0 saturated heterocycles. The van der Waals surface area contributed by atoms with Crippen molar-refractivity contribution in [2.24, 2.45) is 5.84 Å². The fraction of sp³-hybridized carbons (Fsp3) is 0.0556. The molecule has 1 aromatic heterocycles. The molecule has 3 N–H and O–H groups in total. The minimum atomic E-state index is -0.655. The summed E-state index contributed by atoms with van der Waals surface area (Å²) in [6, 6.07) is 15.5. The Morgan fingerprint density at radius 2 is 1.79 bits per heavy atom. The highest BCUT2D eigenvalue weighted by Gasteiger charge is 2.23. The van der Waals surface area contributed by atoms with E-state index >= 15 is 0 Å². The zero-order chi connectivity index (χ0) is 16.7. The summed E-state index contributed by atoms with van der Waals surface area (Å²) in [6.45, 7) is 0. The lowest BCUT2D eigenvalue weighted by molar-refractivity contribution is 0.0951. The standard InChI is InChI=1S/C18H14N4O2/c19-21-17(23)14-10-20-16-13-7-3-1-5-11(13)9-12-6-2-4-8-15(12)22(16)18(14)24/h1-8,10H,9,19H2,(H,21,23). The van der Waals surface area contributed by atoms with Gasteiger partial charge in [0.2, 0.25) is 0 Å². The summed E-state index contributed by atoms with van der Waals surface area (Å²) < 4.78 is 1.49. The van der Waals surface area contributed by atoms with E-state index in [0.717, 1.165) is 22.4 Å². The van der Waals surface area contributed by atoms with Gasteiger partial charge in [0.1, 0.15) is 11.4 Å². The number of benzene rings is 2. The van der Waals surface area contributed by atoms with E-state index in [1.54, 1.807) is 0 Å². The summed E-state index contributed by atoms with van der Waals surface area (Å²) in [5.74, 6) is 5.04. The summed E-state index contributed by atoms with van der Waals surface area (Å²) in [7, 11) is 0. The third-order valence-corrected chi connectivity index (χ3v) is 4.21. The molecule has 1 amide bonds. The molecule has 2 heterocycles. The highest BCUT2D eigenvalue weighted by Crippen LogP contribution is 2.31. The maximum absolute atomic E-state index is 12.9. The molecule has 0 aliphatic carbocycles. The number of hydrogen-bond donors (Lipinski definition) is 2. The Labute approximate surface area is 137 Å². The van der Waals surface area contributed by atoms with Gasteiger partial charge < -0.3 is 0 Å². The largest absolute Gasteiger partial charge is 0.290 e. The Balaban J connectivity index is 2.13. The second kappa shape index (κ2) is 5.43. The highest BCUT2D eigenvalue weighted by molar-refractivity contribution is 5.93. The van der Waals surface area contributed by atoms with Gasteiger partial charge in [0.05, 0.1) is 5.69 Å². The first-order valence-electron chi connectivity index (χ1n) is 7.50. The van der Waals surface area contributed by atoms with Crippen molar-refractivity contribution in [1.82, 2.24) is 15.0 Å². The Morgan fingerprint density at radius 3 is 2.58 bits per heavy atom. The molecule has 0 fully saturated rings. The predicted molar refractivity (Wildman–Crippen MR) is 89.7 cm³/mol. The van der Waals surface area contributed by atoms with Gasteiger partial charge in [-0.2, -0.15) is 0 Å². The number of carbonyl (C=O) groups excluding carboxylic acids is 1. The molecule has 0 saturated carbocycles. The first-order valence-corrected chi connectivity index (χ1v) is 7.50. The van der Waals surface area contributed by atoms with Gasteiger partial charge in [-0.1, -0.05) is 42.5 Å². The Bertz CT molecular complexity index is 1020. The summed E-state index contributed by atoms with van der Waals surface area (Å²) in [5.41, 5.74) is 5.16. The normalized spacial score (nSPS) is 11.7. The van der Waals surface area contributed by atoms with E-state index in [0.29, 0.717) is 12.2 Å². The van der Waals surface area contributed by atoms with E-state index in [2.05, 4.69) is 4.98 Å². The second-order valence-electron chi connectivity index (χ2n) is 5.57.